The standard InChI is InChI=1S/C9H15BOS/c1-3-4-9-5-12-7(6(9)2)8(10)11-9/h6-8H,3-5H2,1-2H3/t6?,7?,8?,9-/m0/s1. The third kappa shape index (κ3) is 1.06. The first kappa shape index (κ1) is 8.95. The molecule has 0 aromatic carbocycles. The molecule has 2 rings (SSSR count). The molecule has 3 heteroatoms. The molecule has 0 N–H and O–H groups in total. The van der Waals surface area contributed by atoms with Crippen LogP contribution in [0, 0.1) is 5.92 Å². The zero-order valence-corrected chi connectivity index (χ0v) is 8.56. The summed E-state index contributed by atoms with van der Waals surface area (Å²) in [5, 5.41) is 0.552. The zero-order chi connectivity index (χ0) is 8.77. The molecule has 1 nitrogen and oxygen atoms in total. The van der Waals surface area contributed by atoms with E-state index in [1.54, 1.807) is 0 Å². The van der Waals surface area contributed by atoms with Gasteiger partial charge >= 0.3 is 0 Å². The molecule has 4 atom stereocenters. The fourth-order valence-electron chi connectivity index (χ4n) is 2.45. The third-order valence-corrected chi connectivity index (χ3v) is 4.93. The molecule has 2 bridgehead atoms. The molecular weight excluding hydrogens is 167 g/mol. The average Bonchev–Trinajstić information content (AvgIpc) is 2.41. The lowest BCUT2D eigenvalue weighted by Gasteiger charge is -2.30. The second-order valence-electron chi connectivity index (χ2n) is 3.96. The van der Waals surface area contributed by atoms with Crippen LogP contribution in [0.5, 0.6) is 0 Å². The summed E-state index contributed by atoms with van der Waals surface area (Å²) in [6.07, 6.45) is 2.37. The van der Waals surface area contributed by atoms with Crippen molar-refractivity contribution < 1.29 is 4.74 Å². The Morgan fingerprint density at radius 2 is 2.42 bits per heavy atom. The van der Waals surface area contributed by atoms with Crippen molar-refractivity contribution in [3.8, 4) is 0 Å². The summed E-state index contributed by atoms with van der Waals surface area (Å²) in [5.41, 5.74) is 0.128. The molecule has 2 saturated heterocycles. The number of fused-ring (bicyclic) bond motifs is 2. The molecule has 0 aliphatic carbocycles. The van der Waals surface area contributed by atoms with Gasteiger partial charge in [-0.15, -0.1) is 0 Å². The van der Waals surface area contributed by atoms with E-state index in [1.165, 1.54) is 12.8 Å². The molecule has 12 heavy (non-hydrogen) atoms. The summed E-state index contributed by atoms with van der Waals surface area (Å²) in [6, 6.07) is -0.00898. The van der Waals surface area contributed by atoms with Crippen LogP contribution in [0.25, 0.3) is 0 Å². The first-order valence-electron chi connectivity index (χ1n) is 4.74. The topological polar surface area (TPSA) is 9.23 Å². The Labute approximate surface area is 80.0 Å². The van der Waals surface area contributed by atoms with Crippen LogP contribution in [-0.2, 0) is 4.74 Å². The number of hydrogen-bond donors (Lipinski definition) is 0. The van der Waals surface area contributed by atoms with E-state index in [1.807, 2.05) is 11.8 Å². The van der Waals surface area contributed by atoms with Gasteiger partial charge in [-0.1, -0.05) is 20.3 Å². The minimum absolute atomic E-state index is 0.00898. The fraction of sp³-hybridized carbons (Fsp3) is 1.00. The van der Waals surface area contributed by atoms with Crippen LogP contribution in [0.15, 0.2) is 0 Å². The van der Waals surface area contributed by atoms with Gasteiger partial charge in [0, 0.05) is 17.0 Å². The molecule has 2 aliphatic heterocycles. The Kier molecular flexibility index (Phi) is 2.20. The molecule has 66 valence electrons. The first-order valence-corrected chi connectivity index (χ1v) is 5.79. The van der Waals surface area contributed by atoms with Gasteiger partial charge in [-0.2, -0.15) is 11.8 Å². The summed E-state index contributed by atoms with van der Waals surface area (Å²) in [4.78, 5) is 0. The first-order chi connectivity index (χ1) is 5.69. The maximum atomic E-state index is 5.88. The molecule has 0 spiro atoms. The lowest BCUT2D eigenvalue weighted by molar-refractivity contribution is -0.0195. The summed E-state index contributed by atoms with van der Waals surface area (Å²) < 4.78 is 5.86. The van der Waals surface area contributed by atoms with Gasteiger partial charge in [0.2, 0.25) is 0 Å². The van der Waals surface area contributed by atoms with Crippen molar-refractivity contribution in [2.24, 2.45) is 5.92 Å². The highest BCUT2D eigenvalue weighted by Gasteiger charge is 2.55. The summed E-state index contributed by atoms with van der Waals surface area (Å²) in [7, 11) is 5.88. The Morgan fingerprint density at radius 1 is 1.67 bits per heavy atom. The quantitative estimate of drug-likeness (QED) is 0.602. The maximum Gasteiger partial charge on any atom is 0.110 e. The third-order valence-electron chi connectivity index (χ3n) is 3.21. The van der Waals surface area contributed by atoms with Crippen LogP contribution in [0.4, 0.5) is 0 Å². The van der Waals surface area contributed by atoms with Crippen molar-refractivity contribution in [3.05, 3.63) is 0 Å². The normalized spacial score (nSPS) is 51.7. The van der Waals surface area contributed by atoms with Gasteiger partial charge in [0.25, 0.3) is 0 Å². The van der Waals surface area contributed by atoms with Crippen LogP contribution >= 0.6 is 11.8 Å². The molecular formula is C9H15BOS. The fourth-order valence-corrected chi connectivity index (χ4v) is 4.18. The average molecular weight is 182 g/mol. The monoisotopic (exact) mass is 182 g/mol. The molecule has 0 aromatic rings. The highest BCUT2D eigenvalue weighted by atomic mass is 32.2. The predicted molar refractivity (Wildman–Crippen MR) is 53.7 cm³/mol. The van der Waals surface area contributed by atoms with Crippen LogP contribution < -0.4 is 0 Å². The Hall–Kier alpha value is 0.375. The number of ether oxygens (including phenoxy) is 1. The highest BCUT2D eigenvalue weighted by molar-refractivity contribution is 8.00. The van der Waals surface area contributed by atoms with Crippen LogP contribution in [0.3, 0.4) is 0 Å². The van der Waals surface area contributed by atoms with Gasteiger partial charge in [0.1, 0.15) is 7.85 Å². The number of thioether (sulfide) groups is 1. The van der Waals surface area contributed by atoms with E-state index in [9.17, 15) is 0 Å². The van der Waals surface area contributed by atoms with Crippen molar-refractivity contribution in [3.63, 3.8) is 0 Å². The van der Waals surface area contributed by atoms with Crippen LogP contribution in [0.2, 0.25) is 0 Å². The Morgan fingerprint density at radius 3 is 2.83 bits per heavy atom. The molecule has 2 fully saturated rings. The van der Waals surface area contributed by atoms with Gasteiger partial charge in [-0.3, -0.25) is 0 Å². The summed E-state index contributed by atoms with van der Waals surface area (Å²) in [6.45, 7) is 4.50. The smallest absolute Gasteiger partial charge is 0.110 e. The van der Waals surface area contributed by atoms with Crippen molar-refractivity contribution in [1.82, 2.24) is 0 Å². The van der Waals surface area contributed by atoms with Crippen molar-refractivity contribution in [2.75, 3.05) is 5.75 Å². The van der Waals surface area contributed by atoms with E-state index in [-0.39, 0.29) is 11.6 Å². The van der Waals surface area contributed by atoms with Crippen molar-refractivity contribution >= 4 is 19.6 Å². The molecule has 0 aromatic heterocycles. The van der Waals surface area contributed by atoms with Crippen LogP contribution in [-0.4, -0.2) is 30.5 Å². The number of rotatable bonds is 2. The largest absolute Gasteiger partial charge is 0.379 e. The molecule has 2 heterocycles. The van der Waals surface area contributed by atoms with E-state index in [2.05, 4.69) is 13.8 Å². The molecule has 0 saturated carbocycles. The van der Waals surface area contributed by atoms with Gasteiger partial charge in [-0.05, 0) is 12.3 Å². The summed E-state index contributed by atoms with van der Waals surface area (Å²) >= 11 is 2.00. The van der Waals surface area contributed by atoms with Crippen LogP contribution in [0.1, 0.15) is 26.7 Å². The minimum Gasteiger partial charge on any atom is -0.379 e. The van der Waals surface area contributed by atoms with Gasteiger partial charge < -0.3 is 4.74 Å². The van der Waals surface area contributed by atoms with E-state index in [0.29, 0.717) is 11.2 Å². The lowest BCUT2D eigenvalue weighted by Crippen LogP contribution is -2.36. The molecule has 0 amide bonds. The molecule has 2 aliphatic rings. The Bertz CT molecular complexity index is 187. The van der Waals surface area contributed by atoms with Gasteiger partial charge in [0.05, 0.1) is 5.60 Å². The summed E-state index contributed by atoms with van der Waals surface area (Å²) in [5.74, 6) is 1.80. The predicted octanol–water partition coefficient (Wildman–Crippen LogP) is 1.80. The van der Waals surface area contributed by atoms with E-state index >= 15 is 0 Å². The van der Waals surface area contributed by atoms with Gasteiger partial charge in [-0.25, -0.2) is 0 Å². The molecule has 3 unspecified atom stereocenters. The lowest BCUT2D eigenvalue weighted by atomic mass is 9.84. The SMILES string of the molecule is [B]C1O[C@@]2(CCC)CSC1C2C. The van der Waals surface area contributed by atoms with Gasteiger partial charge in [0.15, 0.2) is 0 Å². The zero-order valence-electron chi connectivity index (χ0n) is 7.75. The minimum atomic E-state index is -0.00898. The second kappa shape index (κ2) is 2.95. The molecule has 2 radical (unpaired) electrons. The van der Waals surface area contributed by atoms with E-state index in [0.717, 1.165) is 5.75 Å². The van der Waals surface area contributed by atoms with Crippen molar-refractivity contribution in [2.45, 2.75) is 43.5 Å². The Balaban J connectivity index is 2.15. The second-order valence-corrected chi connectivity index (χ2v) is 5.13. The van der Waals surface area contributed by atoms with E-state index < -0.39 is 0 Å². The highest BCUT2D eigenvalue weighted by Crippen LogP contribution is 2.52. The maximum absolute atomic E-state index is 5.88. The van der Waals surface area contributed by atoms with E-state index in [4.69, 9.17) is 12.6 Å². The van der Waals surface area contributed by atoms with Crippen molar-refractivity contribution in [1.29, 1.82) is 0 Å². The number of hydrogen-bond acceptors (Lipinski definition) is 2.